The molecular formula is C19H18ClF3N2O3. The zero-order chi connectivity index (χ0) is 20.3. The Morgan fingerprint density at radius 2 is 1.96 bits per heavy atom. The number of nitrogens with one attached hydrogen (secondary N) is 1. The fourth-order valence-electron chi connectivity index (χ4n) is 2.86. The van der Waals surface area contributed by atoms with Crippen LogP contribution in [0, 0.1) is 0 Å². The molecule has 0 aliphatic carbocycles. The van der Waals surface area contributed by atoms with Crippen LogP contribution in [-0.2, 0) is 11.0 Å². The molecule has 9 heteroatoms. The summed E-state index contributed by atoms with van der Waals surface area (Å²) in [6, 6.07) is 10.5. The number of anilines is 1. The van der Waals surface area contributed by atoms with E-state index >= 15 is 0 Å². The quantitative estimate of drug-likeness (QED) is 0.801. The molecule has 0 unspecified atom stereocenters. The Labute approximate surface area is 165 Å². The number of hydrogen-bond acceptors (Lipinski definition) is 4. The molecule has 1 heterocycles. The first-order chi connectivity index (χ1) is 13.2. The summed E-state index contributed by atoms with van der Waals surface area (Å²) in [6.45, 7) is 0.578. The molecule has 1 N–H and O–H groups in total. The monoisotopic (exact) mass is 414 g/mol. The minimum absolute atomic E-state index is 0.0582. The molecule has 150 valence electrons. The molecule has 28 heavy (non-hydrogen) atoms. The smallest absolute Gasteiger partial charge is 0.418 e. The second-order valence-electron chi connectivity index (χ2n) is 6.43. The molecule has 2 aromatic rings. The lowest BCUT2D eigenvalue weighted by molar-refractivity contribution is -0.137. The molecule has 0 aromatic heterocycles. The first-order valence-corrected chi connectivity index (χ1v) is 8.84. The van der Waals surface area contributed by atoms with E-state index in [0.29, 0.717) is 24.7 Å². The van der Waals surface area contributed by atoms with E-state index in [9.17, 15) is 18.0 Å². The molecule has 2 aromatic carbocycles. The van der Waals surface area contributed by atoms with Gasteiger partial charge in [0.05, 0.1) is 17.8 Å². The van der Waals surface area contributed by atoms with E-state index in [-0.39, 0.29) is 23.4 Å². The Morgan fingerprint density at radius 1 is 1.25 bits per heavy atom. The highest BCUT2D eigenvalue weighted by Gasteiger charge is 2.34. The van der Waals surface area contributed by atoms with Crippen molar-refractivity contribution in [2.45, 2.75) is 12.3 Å². The third-order valence-corrected chi connectivity index (χ3v) is 4.29. The number of halogens is 4. The molecule has 0 bridgehead atoms. The van der Waals surface area contributed by atoms with E-state index in [1.165, 1.54) is 6.07 Å². The van der Waals surface area contributed by atoms with Crippen molar-refractivity contribution in [2.24, 2.45) is 0 Å². The van der Waals surface area contributed by atoms with Crippen LogP contribution in [0.3, 0.4) is 0 Å². The molecule has 0 spiro atoms. The topological polar surface area (TPSA) is 50.8 Å². The maximum Gasteiger partial charge on any atom is 0.418 e. The van der Waals surface area contributed by atoms with Gasteiger partial charge in [0.2, 0.25) is 5.91 Å². The van der Waals surface area contributed by atoms with Gasteiger partial charge in [0.1, 0.15) is 12.7 Å². The fourth-order valence-corrected chi connectivity index (χ4v) is 3.03. The van der Waals surface area contributed by atoms with Crippen molar-refractivity contribution in [3.63, 3.8) is 0 Å². The van der Waals surface area contributed by atoms with Crippen LogP contribution in [0.15, 0.2) is 42.5 Å². The number of amides is 1. The molecule has 0 saturated carbocycles. The molecule has 0 radical (unpaired) electrons. The molecule has 0 saturated heterocycles. The van der Waals surface area contributed by atoms with Gasteiger partial charge < -0.3 is 14.8 Å². The Bertz CT molecular complexity index is 861. The number of para-hydroxylation sites is 2. The summed E-state index contributed by atoms with van der Waals surface area (Å²) in [5, 5.41) is 2.24. The zero-order valence-corrected chi connectivity index (χ0v) is 15.7. The number of hydrogen-bond donors (Lipinski definition) is 1. The van der Waals surface area contributed by atoms with Gasteiger partial charge in [-0.15, -0.1) is 0 Å². The van der Waals surface area contributed by atoms with Gasteiger partial charge in [0, 0.05) is 11.6 Å². The van der Waals surface area contributed by atoms with Gasteiger partial charge in [-0.3, -0.25) is 9.69 Å². The maximum absolute atomic E-state index is 13.1. The van der Waals surface area contributed by atoms with E-state index in [1.807, 2.05) is 12.1 Å². The highest BCUT2D eigenvalue weighted by Crippen LogP contribution is 2.36. The lowest BCUT2D eigenvalue weighted by Gasteiger charge is -2.29. The summed E-state index contributed by atoms with van der Waals surface area (Å²) in [6.07, 6.45) is -4.92. The maximum atomic E-state index is 13.1. The van der Waals surface area contributed by atoms with Crippen LogP contribution < -0.4 is 14.8 Å². The second-order valence-corrected chi connectivity index (χ2v) is 6.87. The number of rotatable bonds is 5. The summed E-state index contributed by atoms with van der Waals surface area (Å²) in [5.74, 6) is 0.696. The Balaban J connectivity index is 1.57. The van der Waals surface area contributed by atoms with Crippen LogP contribution in [0.5, 0.6) is 11.5 Å². The lowest BCUT2D eigenvalue weighted by Crippen LogP contribution is -2.42. The van der Waals surface area contributed by atoms with Crippen LogP contribution in [0.1, 0.15) is 5.56 Å². The molecule has 1 aliphatic heterocycles. The van der Waals surface area contributed by atoms with Crippen LogP contribution in [0.4, 0.5) is 18.9 Å². The lowest BCUT2D eigenvalue weighted by atomic mass is 10.1. The van der Waals surface area contributed by atoms with Crippen molar-refractivity contribution < 1.29 is 27.4 Å². The number of carbonyl (C=O) groups is 1. The van der Waals surface area contributed by atoms with Gasteiger partial charge in [-0.2, -0.15) is 13.2 Å². The number of likely N-dealkylation sites (N-methyl/N-ethyl adjacent to an activating group) is 1. The normalized spacial score (nSPS) is 16.1. The number of benzene rings is 2. The van der Waals surface area contributed by atoms with E-state index < -0.39 is 17.6 Å². The number of ether oxygens (including phenoxy) is 2. The minimum atomic E-state index is -4.62. The van der Waals surface area contributed by atoms with Gasteiger partial charge in [-0.25, -0.2) is 0 Å². The highest BCUT2D eigenvalue weighted by atomic mass is 35.5. The summed E-state index contributed by atoms with van der Waals surface area (Å²) >= 11 is 5.64. The first-order valence-electron chi connectivity index (χ1n) is 8.46. The molecule has 1 amide bonds. The zero-order valence-electron chi connectivity index (χ0n) is 14.9. The third kappa shape index (κ3) is 5.08. The second kappa shape index (κ2) is 8.28. The van der Waals surface area contributed by atoms with Gasteiger partial charge in [0.25, 0.3) is 0 Å². The van der Waals surface area contributed by atoms with Crippen molar-refractivity contribution in [1.82, 2.24) is 4.90 Å². The van der Waals surface area contributed by atoms with Gasteiger partial charge in [-0.05, 0) is 37.4 Å². The molecule has 5 nitrogen and oxygen atoms in total. The predicted octanol–water partition coefficient (Wildman–Crippen LogP) is 4.07. The predicted molar refractivity (Wildman–Crippen MR) is 98.9 cm³/mol. The van der Waals surface area contributed by atoms with Crippen LogP contribution in [0.2, 0.25) is 5.02 Å². The van der Waals surface area contributed by atoms with Gasteiger partial charge in [0.15, 0.2) is 11.5 Å². The SMILES string of the molecule is CN(CC(=O)Nc1ccc(Cl)cc1C(F)(F)F)C[C@H]1COc2ccccc2O1. The molecule has 3 rings (SSSR count). The number of alkyl halides is 3. The summed E-state index contributed by atoms with van der Waals surface area (Å²) in [5.41, 5.74) is -1.32. The fraction of sp³-hybridized carbons (Fsp3) is 0.316. The third-order valence-electron chi connectivity index (χ3n) is 4.06. The van der Waals surface area contributed by atoms with E-state index in [4.69, 9.17) is 21.1 Å². The summed E-state index contributed by atoms with van der Waals surface area (Å²) in [7, 11) is 1.68. The van der Waals surface area contributed by atoms with Crippen LogP contribution in [-0.4, -0.2) is 43.7 Å². The van der Waals surface area contributed by atoms with Crippen molar-refractivity contribution in [1.29, 1.82) is 0 Å². The number of carbonyl (C=O) groups excluding carboxylic acids is 1. The van der Waals surface area contributed by atoms with E-state index in [2.05, 4.69) is 5.32 Å². The van der Waals surface area contributed by atoms with Crippen molar-refractivity contribution in [2.75, 3.05) is 32.1 Å². The van der Waals surface area contributed by atoms with E-state index in [1.54, 1.807) is 24.1 Å². The van der Waals surface area contributed by atoms with Crippen LogP contribution >= 0.6 is 11.6 Å². The van der Waals surface area contributed by atoms with E-state index in [0.717, 1.165) is 12.1 Å². The molecule has 0 fully saturated rings. The average Bonchev–Trinajstić information content (AvgIpc) is 2.62. The number of nitrogens with zero attached hydrogens (tertiary/aromatic N) is 1. The molecule has 1 atom stereocenters. The van der Waals surface area contributed by atoms with Gasteiger partial charge >= 0.3 is 6.18 Å². The van der Waals surface area contributed by atoms with Crippen molar-refractivity contribution in [3.8, 4) is 11.5 Å². The highest BCUT2D eigenvalue weighted by molar-refractivity contribution is 6.30. The van der Waals surface area contributed by atoms with Crippen molar-refractivity contribution >= 4 is 23.2 Å². The number of fused-ring (bicyclic) bond motifs is 1. The van der Waals surface area contributed by atoms with Crippen LogP contribution in [0.25, 0.3) is 0 Å². The Kier molecular flexibility index (Phi) is 6.00. The van der Waals surface area contributed by atoms with Gasteiger partial charge in [-0.1, -0.05) is 23.7 Å². The Morgan fingerprint density at radius 3 is 2.68 bits per heavy atom. The minimum Gasteiger partial charge on any atom is -0.486 e. The average molecular weight is 415 g/mol. The molecular weight excluding hydrogens is 397 g/mol. The first kappa shape index (κ1) is 20.3. The summed E-state index contributed by atoms with van der Waals surface area (Å²) in [4.78, 5) is 13.9. The van der Waals surface area contributed by atoms with Crippen molar-refractivity contribution in [3.05, 3.63) is 53.1 Å². The Hall–Kier alpha value is -2.45. The standard InChI is InChI=1S/C19H18ClF3N2O3/c1-25(9-13-11-27-16-4-2-3-5-17(16)28-13)10-18(26)24-15-7-6-12(20)8-14(15)19(21,22)23/h2-8,13H,9-11H2,1H3,(H,24,26)/t13-/m0/s1. The largest absolute Gasteiger partial charge is 0.486 e. The summed E-state index contributed by atoms with van der Waals surface area (Å²) < 4.78 is 50.8. The molecule has 1 aliphatic rings.